The normalized spacial score (nSPS) is 11.9. The summed E-state index contributed by atoms with van der Waals surface area (Å²) in [5.41, 5.74) is 0.421. The van der Waals surface area contributed by atoms with E-state index in [0.717, 1.165) is 11.3 Å². The maximum absolute atomic E-state index is 14.0. The molecule has 1 N–H and O–H groups in total. The van der Waals surface area contributed by atoms with E-state index in [-0.39, 0.29) is 24.6 Å². The zero-order valence-electron chi connectivity index (χ0n) is 12.7. The van der Waals surface area contributed by atoms with E-state index >= 15 is 0 Å². The molecule has 0 saturated carbocycles. The van der Waals surface area contributed by atoms with Crippen molar-refractivity contribution in [3.8, 4) is 0 Å². The Morgan fingerprint density at radius 3 is 2.75 bits per heavy atom. The van der Waals surface area contributed by atoms with Gasteiger partial charge in [-0.1, -0.05) is 6.07 Å². The quantitative estimate of drug-likeness (QED) is 0.604. The van der Waals surface area contributed by atoms with Gasteiger partial charge in [-0.3, -0.25) is 4.79 Å². The average molecular weight is 365 g/mol. The van der Waals surface area contributed by atoms with Gasteiger partial charge in [-0.25, -0.2) is 4.39 Å². The topological polar surface area (TPSA) is 47.6 Å². The molecular formula is C15H15F4NO3S. The number of hydrogen-bond acceptors (Lipinski definition) is 4. The van der Waals surface area contributed by atoms with Crippen LogP contribution in [-0.4, -0.2) is 39.0 Å². The molecule has 1 aromatic carbocycles. The number of methoxy groups -OCH3 is 1. The number of carbonyl (C=O) groups excluding carboxylic acids is 1. The van der Waals surface area contributed by atoms with Crippen LogP contribution < -0.4 is 5.32 Å². The second-order valence-electron chi connectivity index (χ2n) is 4.88. The van der Waals surface area contributed by atoms with E-state index in [1.807, 2.05) is 0 Å². The SMILES string of the molecule is COCc1c(C(=O)NCCOCC(F)(F)F)sc2cccc(F)c12. The molecule has 9 heteroatoms. The minimum Gasteiger partial charge on any atom is -0.380 e. The lowest BCUT2D eigenvalue weighted by Crippen LogP contribution is -2.29. The molecule has 0 saturated heterocycles. The van der Waals surface area contributed by atoms with Crippen molar-refractivity contribution in [2.24, 2.45) is 0 Å². The Morgan fingerprint density at radius 2 is 2.08 bits per heavy atom. The zero-order valence-corrected chi connectivity index (χ0v) is 13.5. The summed E-state index contributed by atoms with van der Waals surface area (Å²) in [6.45, 7) is -1.68. The molecule has 0 spiro atoms. The molecule has 0 unspecified atom stereocenters. The monoisotopic (exact) mass is 365 g/mol. The molecule has 1 aromatic heterocycles. The van der Waals surface area contributed by atoms with Gasteiger partial charge < -0.3 is 14.8 Å². The van der Waals surface area contributed by atoms with Gasteiger partial charge in [-0.05, 0) is 12.1 Å². The lowest BCUT2D eigenvalue weighted by molar-refractivity contribution is -0.173. The molecule has 0 aliphatic rings. The number of amides is 1. The first-order valence-corrected chi connectivity index (χ1v) is 7.76. The number of alkyl halides is 3. The molecule has 1 heterocycles. The van der Waals surface area contributed by atoms with Gasteiger partial charge in [0.2, 0.25) is 0 Å². The number of carbonyl (C=O) groups is 1. The third-order valence-electron chi connectivity index (χ3n) is 3.06. The lowest BCUT2D eigenvalue weighted by atomic mass is 10.1. The maximum Gasteiger partial charge on any atom is 0.411 e. The molecule has 0 bridgehead atoms. The highest BCUT2D eigenvalue weighted by Crippen LogP contribution is 2.33. The Hall–Kier alpha value is -1.71. The number of ether oxygens (including phenoxy) is 2. The van der Waals surface area contributed by atoms with E-state index in [0.29, 0.717) is 15.6 Å². The number of halogens is 4. The van der Waals surface area contributed by atoms with Gasteiger partial charge in [0.05, 0.1) is 18.1 Å². The fourth-order valence-electron chi connectivity index (χ4n) is 2.14. The van der Waals surface area contributed by atoms with Crippen molar-refractivity contribution in [1.82, 2.24) is 5.32 Å². The smallest absolute Gasteiger partial charge is 0.380 e. The van der Waals surface area contributed by atoms with Gasteiger partial charge in [0, 0.05) is 29.3 Å². The summed E-state index contributed by atoms with van der Waals surface area (Å²) in [6.07, 6.45) is -4.40. The fraction of sp³-hybridized carbons (Fsp3) is 0.400. The average Bonchev–Trinajstić information content (AvgIpc) is 2.86. The Morgan fingerprint density at radius 1 is 1.33 bits per heavy atom. The molecule has 24 heavy (non-hydrogen) atoms. The number of rotatable bonds is 7. The predicted molar refractivity (Wildman–Crippen MR) is 81.7 cm³/mol. The van der Waals surface area contributed by atoms with E-state index in [1.165, 1.54) is 19.2 Å². The lowest BCUT2D eigenvalue weighted by Gasteiger charge is -2.09. The highest BCUT2D eigenvalue weighted by atomic mass is 32.1. The van der Waals surface area contributed by atoms with Gasteiger partial charge in [-0.15, -0.1) is 11.3 Å². The second kappa shape index (κ2) is 7.91. The minimum atomic E-state index is -4.40. The summed E-state index contributed by atoms with van der Waals surface area (Å²) in [5.74, 6) is -0.957. The molecule has 132 valence electrons. The van der Waals surface area contributed by atoms with Gasteiger partial charge in [-0.2, -0.15) is 13.2 Å². The van der Waals surface area contributed by atoms with E-state index < -0.39 is 24.5 Å². The van der Waals surface area contributed by atoms with Gasteiger partial charge in [0.25, 0.3) is 5.91 Å². The standard InChI is InChI=1S/C15H15F4NO3S/c1-22-7-9-12-10(16)3-2-4-11(12)24-13(9)14(21)20-5-6-23-8-15(17,18)19/h2-4H,5-8H2,1H3,(H,20,21). The van der Waals surface area contributed by atoms with Gasteiger partial charge >= 0.3 is 6.18 Å². The molecule has 0 aliphatic carbocycles. The number of thiophene rings is 1. The Kier molecular flexibility index (Phi) is 6.14. The third kappa shape index (κ3) is 4.65. The number of hydrogen-bond donors (Lipinski definition) is 1. The first kappa shape index (κ1) is 18.6. The van der Waals surface area contributed by atoms with Crippen molar-refractivity contribution in [1.29, 1.82) is 0 Å². The molecule has 4 nitrogen and oxygen atoms in total. The predicted octanol–water partition coefficient (Wildman–Crippen LogP) is 3.50. The molecular weight excluding hydrogens is 350 g/mol. The third-order valence-corrected chi connectivity index (χ3v) is 4.25. The van der Waals surface area contributed by atoms with Gasteiger partial charge in [0.1, 0.15) is 12.4 Å². The molecule has 2 rings (SSSR count). The van der Waals surface area contributed by atoms with Crippen LogP contribution in [0, 0.1) is 5.82 Å². The van der Waals surface area contributed by atoms with Crippen LogP contribution in [-0.2, 0) is 16.1 Å². The van der Waals surface area contributed by atoms with E-state index in [1.54, 1.807) is 6.07 Å². The molecule has 0 radical (unpaired) electrons. The first-order chi connectivity index (χ1) is 11.3. The van der Waals surface area contributed by atoms with Crippen molar-refractivity contribution >= 4 is 27.3 Å². The fourth-order valence-corrected chi connectivity index (χ4v) is 3.28. The maximum atomic E-state index is 14.0. The van der Waals surface area contributed by atoms with E-state index in [4.69, 9.17) is 4.74 Å². The van der Waals surface area contributed by atoms with E-state index in [9.17, 15) is 22.4 Å². The van der Waals surface area contributed by atoms with Crippen LogP contribution in [0.1, 0.15) is 15.2 Å². The molecule has 0 atom stereocenters. The second-order valence-corrected chi connectivity index (χ2v) is 5.93. The molecule has 0 aliphatic heterocycles. The summed E-state index contributed by atoms with van der Waals surface area (Å²) >= 11 is 1.10. The van der Waals surface area contributed by atoms with Crippen molar-refractivity contribution < 1.29 is 31.8 Å². The Labute approximate surface area is 139 Å². The zero-order chi connectivity index (χ0) is 17.7. The Balaban J connectivity index is 2.06. The van der Waals surface area contributed by atoms with Crippen molar-refractivity contribution in [2.45, 2.75) is 12.8 Å². The van der Waals surface area contributed by atoms with Crippen molar-refractivity contribution in [3.05, 3.63) is 34.5 Å². The van der Waals surface area contributed by atoms with Crippen molar-refractivity contribution in [3.63, 3.8) is 0 Å². The highest BCUT2D eigenvalue weighted by molar-refractivity contribution is 7.21. The van der Waals surface area contributed by atoms with Gasteiger partial charge in [0.15, 0.2) is 0 Å². The minimum absolute atomic E-state index is 0.0499. The van der Waals surface area contributed by atoms with Crippen molar-refractivity contribution in [2.75, 3.05) is 26.9 Å². The Bertz CT molecular complexity index is 715. The van der Waals surface area contributed by atoms with Crippen LogP contribution >= 0.6 is 11.3 Å². The van der Waals surface area contributed by atoms with E-state index in [2.05, 4.69) is 10.1 Å². The number of nitrogens with one attached hydrogen (secondary N) is 1. The van der Waals surface area contributed by atoms with Crippen LogP contribution in [0.2, 0.25) is 0 Å². The van der Waals surface area contributed by atoms with Crippen LogP contribution in [0.25, 0.3) is 10.1 Å². The summed E-state index contributed by atoms with van der Waals surface area (Å²) in [4.78, 5) is 12.5. The first-order valence-electron chi connectivity index (χ1n) is 6.95. The summed E-state index contributed by atoms with van der Waals surface area (Å²) < 4.78 is 59.9. The summed E-state index contributed by atoms with van der Waals surface area (Å²) in [7, 11) is 1.43. The molecule has 1 amide bonds. The largest absolute Gasteiger partial charge is 0.411 e. The van der Waals surface area contributed by atoms with Crippen LogP contribution in [0.15, 0.2) is 18.2 Å². The highest BCUT2D eigenvalue weighted by Gasteiger charge is 2.27. The summed E-state index contributed by atoms with van der Waals surface area (Å²) in [5, 5.41) is 2.79. The van der Waals surface area contributed by atoms with Crippen LogP contribution in [0.3, 0.4) is 0 Å². The van der Waals surface area contributed by atoms with Crippen LogP contribution in [0.4, 0.5) is 17.6 Å². The number of benzene rings is 1. The molecule has 2 aromatic rings. The van der Waals surface area contributed by atoms with Crippen LogP contribution in [0.5, 0.6) is 0 Å². The molecule has 0 fully saturated rings. The number of fused-ring (bicyclic) bond motifs is 1. The summed E-state index contributed by atoms with van der Waals surface area (Å²) in [6, 6.07) is 4.52.